The summed E-state index contributed by atoms with van der Waals surface area (Å²) in [7, 11) is 0. The van der Waals surface area contributed by atoms with Gasteiger partial charge in [-0.15, -0.1) is 0 Å². The number of rotatable bonds is 5. The van der Waals surface area contributed by atoms with E-state index in [1.165, 1.54) is 76.8 Å². The van der Waals surface area contributed by atoms with Crippen LogP contribution in [0.1, 0.15) is 25.0 Å². The van der Waals surface area contributed by atoms with Gasteiger partial charge in [-0.05, 0) is 113 Å². The maximum Gasteiger partial charge on any atom is 0.0467 e. The average Bonchev–Trinajstić information content (AvgIpc) is 3.43. The van der Waals surface area contributed by atoms with Crippen molar-refractivity contribution in [2.24, 2.45) is 0 Å². The molecule has 1 aliphatic rings. The van der Waals surface area contributed by atoms with Gasteiger partial charge in [-0.3, -0.25) is 0 Å². The first-order chi connectivity index (χ1) is 25.5. The lowest BCUT2D eigenvalue weighted by atomic mass is 9.82. The molecule has 0 bridgehead atoms. The number of hydrogen-bond acceptors (Lipinski definition) is 1. The van der Waals surface area contributed by atoms with Crippen LogP contribution in [0.25, 0.3) is 65.7 Å². The van der Waals surface area contributed by atoms with Crippen molar-refractivity contribution in [2.75, 3.05) is 4.90 Å². The van der Waals surface area contributed by atoms with Crippen molar-refractivity contribution in [3.8, 4) is 33.4 Å². The highest BCUT2D eigenvalue weighted by Gasteiger charge is 2.35. The molecule has 0 spiro atoms. The van der Waals surface area contributed by atoms with Gasteiger partial charge in [-0.2, -0.15) is 0 Å². The molecule has 0 N–H and O–H groups in total. The van der Waals surface area contributed by atoms with Gasteiger partial charge in [-0.25, -0.2) is 0 Å². The van der Waals surface area contributed by atoms with Crippen LogP contribution >= 0.6 is 0 Å². The maximum absolute atomic E-state index is 2.41. The van der Waals surface area contributed by atoms with E-state index in [9.17, 15) is 0 Å². The SMILES string of the molecule is CC1(C)c2ccccc2-c2ccc(N(c3ccc(-c4cccc5c4ccc4c6ccccc6ccc54)cc3)c3cccc(-c4ccccc4)c3)cc21. The summed E-state index contributed by atoms with van der Waals surface area (Å²) in [4.78, 5) is 2.41. The van der Waals surface area contributed by atoms with Crippen LogP contribution in [-0.4, -0.2) is 0 Å². The molecule has 52 heavy (non-hydrogen) atoms. The van der Waals surface area contributed by atoms with Crippen molar-refractivity contribution in [3.05, 3.63) is 199 Å². The van der Waals surface area contributed by atoms with Gasteiger partial charge in [0.05, 0.1) is 0 Å². The molecule has 0 unspecified atom stereocenters. The smallest absolute Gasteiger partial charge is 0.0467 e. The largest absolute Gasteiger partial charge is 0.310 e. The van der Waals surface area contributed by atoms with Gasteiger partial charge < -0.3 is 4.90 Å². The predicted molar refractivity (Wildman–Crippen MR) is 222 cm³/mol. The summed E-state index contributed by atoms with van der Waals surface area (Å²) in [6.45, 7) is 4.71. The molecule has 246 valence electrons. The molecule has 0 aromatic heterocycles. The summed E-state index contributed by atoms with van der Waals surface area (Å²) >= 11 is 0. The van der Waals surface area contributed by atoms with E-state index in [0.29, 0.717) is 0 Å². The van der Waals surface area contributed by atoms with Crippen LogP contribution in [0.15, 0.2) is 188 Å². The second-order valence-corrected chi connectivity index (χ2v) is 14.5. The van der Waals surface area contributed by atoms with Crippen molar-refractivity contribution in [3.63, 3.8) is 0 Å². The number of benzene rings is 9. The van der Waals surface area contributed by atoms with Crippen molar-refractivity contribution in [2.45, 2.75) is 19.3 Å². The highest BCUT2D eigenvalue weighted by atomic mass is 15.1. The van der Waals surface area contributed by atoms with Crippen LogP contribution in [0.2, 0.25) is 0 Å². The maximum atomic E-state index is 2.41. The van der Waals surface area contributed by atoms with Gasteiger partial charge in [0.2, 0.25) is 0 Å². The minimum Gasteiger partial charge on any atom is -0.310 e. The topological polar surface area (TPSA) is 3.24 Å². The Bertz CT molecular complexity index is 2810. The predicted octanol–water partition coefficient (Wildman–Crippen LogP) is 14.3. The Labute approximate surface area is 305 Å². The fourth-order valence-electron chi connectivity index (χ4n) is 8.63. The normalized spacial score (nSPS) is 13.0. The van der Waals surface area contributed by atoms with Gasteiger partial charge >= 0.3 is 0 Å². The molecule has 0 fully saturated rings. The summed E-state index contributed by atoms with van der Waals surface area (Å²) in [6, 6.07) is 69.1. The van der Waals surface area contributed by atoms with Crippen molar-refractivity contribution in [1.29, 1.82) is 0 Å². The molecule has 9 aromatic rings. The van der Waals surface area contributed by atoms with Crippen LogP contribution in [0.4, 0.5) is 17.1 Å². The zero-order valence-corrected chi connectivity index (χ0v) is 29.3. The summed E-state index contributed by atoms with van der Waals surface area (Å²) in [5.74, 6) is 0. The van der Waals surface area contributed by atoms with Crippen LogP contribution in [-0.2, 0) is 5.41 Å². The summed E-state index contributed by atoms with van der Waals surface area (Å²) in [6.07, 6.45) is 0. The van der Waals surface area contributed by atoms with E-state index in [-0.39, 0.29) is 5.41 Å². The Hall–Kier alpha value is -6.44. The fraction of sp³-hybridized carbons (Fsp3) is 0.0588. The van der Waals surface area contributed by atoms with E-state index >= 15 is 0 Å². The molecule has 0 saturated carbocycles. The third-order valence-electron chi connectivity index (χ3n) is 11.3. The van der Waals surface area contributed by atoms with E-state index in [0.717, 1.165) is 17.1 Å². The molecule has 0 radical (unpaired) electrons. The van der Waals surface area contributed by atoms with Crippen LogP contribution in [0.3, 0.4) is 0 Å². The molecule has 0 saturated heterocycles. The number of anilines is 3. The zero-order valence-electron chi connectivity index (χ0n) is 29.3. The molecular formula is C51H37N. The summed E-state index contributed by atoms with van der Waals surface area (Å²) < 4.78 is 0. The highest BCUT2D eigenvalue weighted by Crippen LogP contribution is 2.51. The second-order valence-electron chi connectivity index (χ2n) is 14.5. The Morgan fingerprint density at radius 2 is 0.923 bits per heavy atom. The molecule has 0 aliphatic heterocycles. The fourth-order valence-corrected chi connectivity index (χ4v) is 8.63. The first kappa shape index (κ1) is 30.4. The van der Waals surface area contributed by atoms with E-state index in [4.69, 9.17) is 0 Å². The standard InChI is InChI=1S/C51H37N/c1-51(2)49-21-9-8-18-47(49)48-29-27-40(33-50(48)51)52(39-16-10-15-37(32-39)34-12-4-3-5-13-34)38-25-22-36(23-26-38)42-19-11-20-43-44(42)30-31-45-41-17-7-6-14-35(41)24-28-46(43)45/h3-33H,1-2H3. The molecule has 9 aromatic carbocycles. The molecule has 1 nitrogen and oxygen atoms in total. The van der Waals surface area contributed by atoms with E-state index in [1.807, 2.05) is 0 Å². The van der Waals surface area contributed by atoms with E-state index < -0.39 is 0 Å². The second kappa shape index (κ2) is 11.8. The Kier molecular flexibility index (Phi) is 6.91. The number of nitrogens with zero attached hydrogens (tertiary/aromatic N) is 1. The zero-order chi connectivity index (χ0) is 34.8. The first-order valence-corrected chi connectivity index (χ1v) is 18.2. The van der Waals surface area contributed by atoms with Gasteiger partial charge in [0.15, 0.2) is 0 Å². The lowest BCUT2D eigenvalue weighted by Crippen LogP contribution is -2.16. The van der Waals surface area contributed by atoms with Gasteiger partial charge in [0, 0.05) is 22.5 Å². The molecule has 10 rings (SSSR count). The summed E-state index contributed by atoms with van der Waals surface area (Å²) in [5, 5.41) is 7.72. The number of fused-ring (bicyclic) bond motifs is 8. The minimum absolute atomic E-state index is 0.0891. The van der Waals surface area contributed by atoms with Crippen LogP contribution in [0.5, 0.6) is 0 Å². The Morgan fingerprint density at radius 1 is 0.327 bits per heavy atom. The highest BCUT2D eigenvalue weighted by molar-refractivity contribution is 6.19. The Morgan fingerprint density at radius 3 is 1.81 bits per heavy atom. The molecule has 0 heterocycles. The summed E-state index contributed by atoms with van der Waals surface area (Å²) in [5.41, 5.74) is 13.6. The van der Waals surface area contributed by atoms with E-state index in [1.54, 1.807) is 0 Å². The lowest BCUT2D eigenvalue weighted by molar-refractivity contribution is 0.660. The van der Waals surface area contributed by atoms with E-state index in [2.05, 4.69) is 207 Å². The monoisotopic (exact) mass is 663 g/mol. The number of hydrogen-bond donors (Lipinski definition) is 0. The molecule has 0 atom stereocenters. The van der Waals surface area contributed by atoms with Gasteiger partial charge in [-0.1, -0.05) is 166 Å². The third-order valence-corrected chi connectivity index (χ3v) is 11.3. The molecular weight excluding hydrogens is 627 g/mol. The van der Waals surface area contributed by atoms with Crippen LogP contribution in [0, 0.1) is 0 Å². The minimum atomic E-state index is -0.0891. The van der Waals surface area contributed by atoms with Gasteiger partial charge in [0.1, 0.15) is 0 Å². The van der Waals surface area contributed by atoms with Crippen molar-refractivity contribution < 1.29 is 0 Å². The van der Waals surface area contributed by atoms with Crippen molar-refractivity contribution in [1.82, 2.24) is 0 Å². The van der Waals surface area contributed by atoms with Crippen LogP contribution < -0.4 is 4.90 Å². The Balaban J connectivity index is 1.10. The molecule has 1 heteroatoms. The molecule has 1 aliphatic carbocycles. The van der Waals surface area contributed by atoms with Crippen molar-refractivity contribution >= 4 is 49.4 Å². The third kappa shape index (κ3) is 4.77. The average molecular weight is 664 g/mol. The molecule has 0 amide bonds. The quantitative estimate of drug-likeness (QED) is 0.166. The van der Waals surface area contributed by atoms with Gasteiger partial charge in [0.25, 0.3) is 0 Å². The lowest BCUT2D eigenvalue weighted by Gasteiger charge is -2.28. The first-order valence-electron chi connectivity index (χ1n) is 18.2.